The lowest BCUT2D eigenvalue weighted by atomic mass is 10.1. The fourth-order valence-electron chi connectivity index (χ4n) is 3.92. The molecule has 1 atom stereocenters. The van der Waals surface area contributed by atoms with Crippen molar-refractivity contribution in [1.29, 1.82) is 0 Å². The number of anilines is 1. The molecule has 6 nitrogen and oxygen atoms in total. The summed E-state index contributed by atoms with van der Waals surface area (Å²) in [5.41, 5.74) is 0.797. The number of carbonyl (C=O) groups is 1. The third-order valence-corrected chi connectivity index (χ3v) is 5.36. The van der Waals surface area contributed by atoms with Gasteiger partial charge in [0.15, 0.2) is 5.82 Å². The Balaban J connectivity index is 1.25. The largest absolute Gasteiger partial charge is 0.353 e. The Bertz CT molecular complexity index is 715. The van der Waals surface area contributed by atoms with Crippen molar-refractivity contribution in [2.75, 3.05) is 50.7 Å². The lowest BCUT2D eigenvalue weighted by Gasteiger charge is -2.36. The van der Waals surface area contributed by atoms with Gasteiger partial charge in [0, 0.05) is 57.6 Å². The van der Waals surface area contributed by atoms with Gasteiger partial charge in [-0.25, -0.2) is 0 Å². The molecule has 4 rings (SSSR count). The van der Waals surface area contributed by atoms with E-state index in [0.717, 1.165) is 63.6 Å². The van der Waals surface area contributed by atoms with Gasteiger partial charge in [-0.2, -0.15) is 5.10 Å². The van der Waals surface area contributed by atoms with Gasteiger partial charge in [-0.05, 0) is 36.6 Å². The maximum atomic E-state index is 12.6. The van der Waals surface area contributed by atoms with Crippen LogP contribution in [0.2, 0.25) is 0 Å². The minimum absolute atomic E-state index is 0.167. The summed E-state index contributed by atoms with van der Waals surface area (Å²) in [5, 5.41) is 8.17. The number of piperazine rings is 1. The average molecular weight is 351 g/mol. The van der Waals surface area contributed by atoms with Crippen LogP contribution >= 0.6 is 0 Å². The molecular weight excluding hydrogens is 326 g/mol. The van der Waals surface area contributed by atoms with Gasteiger partial charge in [-0.15, -0.1) is 5.10 Å². The van der Waals surface area contributed by atoms with Crippen LogP contribution in [0.5, 0.6) is 0 Å². The number of benzene rings is 1. The van der Waals surface area contributed by atoms with Gasteiger partial charge in [-0.3, -0.25) is 9.69 Å². The average Bonchev–Trinajstić information content (AvgIpc) is 3.18. The first-order valence-corrected chi connectivity index (χ1v) is 9.39. The summed E-state index contributed by atoms with van der Waals surface area (Å²) >= 11 is 0. The van der Waals surface area contributed by atoms with Gasteiger partial charge in [0.1, 0.15) is 0 Å². The summed E-state index contributed by atoms with van der Waals surface area (Å²) in [7, 11) is 0. The van der Waals surface area contributed by atoms with E-state index in [1.165, 1.54) is 0 Å². The number of hydrogen-bond acceptors (Lipinski definition) is 5. The Labute approximate surface area is 154 Å². The molecule has 3 heterocycles. The molecule has 1 aromatic carbocycles. The summed E-state index contributed by atoms with van der Waals surface area (Å²) in [6.07, 6.45) is 2.81. The summed E-state index contributed by atoms with van der Waals surface area (Å²) < 4.78 is 0. The van der Waals surface area contributed by atoms with Crippen LogP contribution in [-0.4, -0.2) is 71.7 Å². The first-order valence-electron chi connectivity index (χ1n) is 9.39. The number of nitrogens with zero attached hydrogens (tertiary/aromatic N) is 5. The van der Waals surface area contributed by atoms with Gasteiger partial charge in [-0.1, -0.05) is 18.2 Å². The maximum Gasteiger partial charge on any atom is 0.253 e. The highest BCUT2D eigenvalue weighted by Crippen LogP contribution is 2.21. The third-order valence-electron chi connectivity index (χ3n) is 5.36. The van der Waals surface area contributed by atoms with E-state index in [-0.39, 0.29) is 5.91 Å². The van der Waals surface area contributed by atoms with Crippen LogP contribution in [-0.2, 0) is 0 Å². The molecule has 0 bridgehead atoms. The number of rotatable bonds is 4. The van der Waals surface area contributed by atoms with E-state index in [4.69, 9.17) is 0 Å². The molecule has 0 unspecified atom stereocenters. The lowest BCUT2D eigenvalue weighted by molar-refractivity contribution is 0.0783. The second-order valence-electron chi connectivity index (χ2n) is 7.14. The number of likely N-dealkylation sites (tertiary alicyclic amines) is 1. The van der Waals surface area contributed by atoms with Gasteiger partial charge in [0.2, 0.25) is 0 Å². The fraction of sp³-hybridized carbons (Fsp3) is 0.450. The van der Waals surface area contributed by atoms with E-state index >= 15 is 0 Å². The first-order chi connectivity index (χ1) is 12.8. The van der Waals surface area contributed by atoms with E-state index in [9.17, 15) is 4.79 Å². The van der Waals surface area contributed by atoms with Crippen molar-refractivity contribution < 1.29 is 4.79 Å². The topological polar surface area (TPSA) is 52.6 Å². The molecule has 0 N–H and O–H groups in total. The Morgan fingerprint density at radius 3 is 2.54 bits per heavy atom. The van der Waals surface area contributed by atoms with Gasteiger partial charge in [0.05, 0.1) is 0 Å². The molecule has 0 aliphatic carbocycles. The van der Waals surface area contributed by atoms with Crippen molar-refractivity contribution in [2.45, 2.75) is 6.42 Å². The normalized spacial score (nSPS) is 21.2. The molecule has 2 fully saturated rings. The van der Waals surface area contributed by atoms with Gasteiger partial charge < -0.3 is 9.80 Å². The highest BCUT2D eigenvalue weighted by molar-refractivity contribution is 5.94. The zero-order chi connectivity index (χ0) is 17.8. The Morgan fingerprint density at radius 2 is 1.81 bits per heavy atom. The van der Waals surface area contributed by atoms with Crippen LogP contribution in [0.25, 0.3) is 0 Å². The molecule has 6 heteroatoms. The molecule has 1 amide bonds. The van der Waals surface area contributed by atoms with Crippen molar-refractivity contribution in [3.8, 4) is 0 Å². The Hall–Kier alpha value is -2.47. The Kier molecular flexibility index (Phi) is 5.11. The second-order valence-corrected chi connectivity index (χ2v) is 7.14. The highest BCUT2D eigenvalue weighted by Gasteiger charge is 2.29. The monoisotopic (exact) mass is 351 g/mol. The molecule has 26 heavy (non-hydrogen) atoms. The molecule has 1 aromatic heterocycles. The van der Waals surface area contributed by atoms with Crippen LogP contribution < -0.4 is 4.90 Å². The van der Waals surface area contributed by atoms with Crippen molar-refractivity contribution >= 4 is 11.7 Å². The van der Waals surface area contributed by atoms with Gasteiger partial charge in [0.25, 0.3) is 5.91 Å². The Morgan fingerprint density at radius 1 is 1.00 bits per heavy atom. The molecule has 2 saturated heterocycles. The van der Waals surface area contributed by atoms with Crippen LogP contribution in [0, 0.1) is 5.92 Å². The van der Waals surface area contributed by atoms with Crippen molar-refractivity contribution in [3.63, 3.8) is 0 Å². The standard InChI is InChI=1S/C20H25N5O/c26-20(18-5-2-1-3-6-18)25-10-8-17(16-25)15-23-11-13-24(14-12-23)19-7-4-9-21-22-19/h1-7,9,17H,8,10-16H2/t17-/m1/s1. The molecule has 0 spiro atoms. The minimum atomic E-state index is 0.167. The number of carbonyl (C=O) groups excluding carboxylic acids is 1. The third kappa shape index (κ3) is 3.85. The zero-order valence-corrected chi connectivity index (χ0v) is 15.0. The molecule has 0 radical (unpaired) electrons. The molecule has 2 aliphatic heterocycles. The van der Waals surface area contributed by atoms with Crippen molar-refractivity contribution in [1.82, 2.24) is 20.0 Å². The molecule has 136 valence electrons. The SMILES string of the molecule is O=C(c1ccccc1)N1CC[C@H](CN2CCN(c3cccnn3)CC2)C1. The zero-order valence-electron chi connectivity index (χ0n) is 15.0. The smallest absolute Gasteiger partial charge is 0.253 e. The number of aromatic nitrogens is 2. The number of hydrogen-bond donors (Lipinski definition) is 0. The predicted molar refractivity (Wildman–Crippen MR) is 101 cm³/mol. The van der Waals surface area contributed by atoms with E-state index in [1.807, 2.05) is 47.4 Å². The maximum absolute atomic E-state index is 12.6. The van der Waals surface area contributed by atoms with Crippen LogP contribution in [0.1, 0.15) is 16.8 Å². The molecule has 2 aromatic rings. The quantitative estimate of drug-likeness (QED) is 0.840. The van der Waals surface area contributed by atoms with E-state index in [2.05, 4.69) is 20.0 Å². The highest BCUT2D eigenvalue weighted by atomic mass is 16.2. The first kappa shape index (κ1) is 17.0. The second kappa shape index (κ2) is 7.83. The molecule has 2 aliphatic rings. The summed E-state index contributed by atoms with van der Waals surface area (Å²) in [5.74, 6) is 1.71. The van der Waals surface area contributed by atoms with Crippen LogP contribution in [0.4, 0.5) is 5.82 Å². The molecule has 0 saturated carbocycles. The van der Waals surface area contributed by atoms with E-state index < -0.39 is 0 Å². The van der Waals surface area contributed by atoms with Gasteiger partial charge >= 0.3 is 0 Å². The lowest BCUT2D eigenvalue weighted by Crippen LogP contribution is -2.48. The summed E-state index contributed by atoms with van der Waals surface area (Å²) in [6.45, 7) is 6.87. The molecular formula is C20H25N5O. The van der Waals surface area contributed by atoms with E-state index in [1.54, 1.807) is 6.20 Å². The summed E-state index contributed by atoms with van der Waals surface area (Å²) in [6, 6.07) is 13.6. The minimum Gasteiger partial charge on any atom is -0.353 e. The predicted octanol–water partition coefficient (Wildman–Crippen LogP) is 1.76. The number of amides is 1. The van der Waals surface area contributed by atoms with Crippen molar-refractivity contribution in [3.05, 3.63) is 54.2 Å². The fourth-order valence-corrected chi connectivity index (χ4v) is 3.92. The summed E-state index contributed by atoms with van der Waals surface area (Å²) in [4.78, 5) is 19.4. The van der Waals surface area contributed by atoms with E-state index in [0.29, 0.717) is 5.92 Å². The van der Waals surface area contributed by atoms with Crippen LogP contribution in [0.15, 0.2) is 48.7 Å². The van der Waals surface area contributed by atoms with Crippen LogP contribution in [0.3, 0.4) is 0 Å². The van der Waals surface area contributed by atoms with Crippen molar-refractivity contribution in [2.24, 2.45) is 5.92 Å².